The second-order valence-electron chi connectivity index (χ2n) is 10.0. The van der Waals surface area contributed by atoms with Gasteiger partial charge in [-0.05, 0) is 69.6 Å². The Labute approximate surface area is 169 Å². The van der Waals surface area contributed by atoms with Gasteiger partial charge in [-0.25, -0.2) is 0 Å². The number of rotatable bonds is 7. The summed E-state index contributed by atoms with van der Waals surface area (Å²) >= 11 is 0. The number of nitrogens with one attached hydrogen (secondary N) is 2. The summed E-state index contributed by atoms with van der Waals surface area (Å²) in [6.07, 6.45) is 8.79. The predicted molar refractivity (Wildman–Crippen MR) is 110 cm³/mol. The summed E-state index contributed by atoms with van der Waals surface area (Å²) in [7, 11) is 0. The van der Waals surface area contributed by atoms with E-state index in [2.05, 4.69) is 34.3 Å². The highest BCUT2D eigenvalue weighted by Crippen LogP contribution is 2.55. The highest BCUT2D eigenvalue weighted by Gasteiger charge is 2.51. The van der Waals surface area contributed by atoms with Crippen LogP contribution in [-0.4, -0.2) is 72.5 Å². The van der Waals surface area contributed by atoms with Crippen LogP contribution in [0.2, 0.25) is 0 Å². The van der Waals surface area contributed by atoms with E-state index in [0.717, 1.165) is 56.9 Å². The lowest BCUT2D eigenvalue weighted by atomic mass is 9.53. The molecule has 1 saturated heterocycles. The van der Waals surface area contributed by atoms with Gasteiger partial charge in [0.05, 0.1) is 12.6 Å². The van der Waals surface area contributed by atoms with Crippen LogP contribution in [0.5, 0.6) is 0 Å². The first-order chi connectivity index (χ1) is 13.5. The molecule has 0 aromatic heterocycles. The summed E-state index contributed by atoms with van der Waals surface area (Å²) in [6, 6.07) is -0.0796. The van der Waals surface area contributed by atoms with E-state index < -0.39 is 0 Å². The number of carbonyl (C=O) groups is 2. The summed E-state index contributed by atoms with van der Waals surface area (Å²) in [4.78, 5) is 29.5. The Morgan fingerprint density at radius 1 is 1.00 bits per heavy atom. The van der Waals surface area contributed by atoms with Crippen molar-refractivity contribution in [3.05, 3.63) is 0 Å². The zero-order valence-corrected chi connectivity index (χ0v) is 17.7. The molecule has 0 radical (unpaired) electrons. The second-order valence-corrected chi connectivity index (χ2v) is 10.0. The number of nitrogens with zero attached hydrogens (tertiary/aromatic N) is 2. The van der Waals surface area contributed by atoms with Crippen molar-refractivity contribution in [1.29, 1.82) is 0 Å². The highest BCUT2D eigenvalue weighted by atomic mass is 16.2. The Kier molecular flexibility index (Phi) is 5.98. The Balaban J connectivity index is 1.24. The lowest BCUT2D eigenvalue weighted by Crippen LogP contribution is -2.63. The van der Waals surface area contributed by atoms with Crippen LogP contribution in [0.4, 0.5) is 0 Å². The van der Waals surface area contributed by atoms with Gasteiger partial charge < -0.3 is 10.6 Å². The van der Waals surface area contributed by atoms with Crippen molar-refractivity contribution in [2.45, 2.75) is 70.4 Å². The van der Waals surface area contributed by atoms with Crippen LogP contribution < -0.4 is 10.6 Å². The molecule has 1 aliphatic heterocycles. The third-order valence-corrected chi connectivity index (χ3v) is 7.70. The molecule has 2 N–H and O–H groups in total. The summed E-state index contributed by atoms with van der Waals surface area (Å²) in [5, 5.41) is 6.48. The van der Waals surface area contributed by atoms with Crippen molar-refractivity contribution < 1.29 is 9.59 Å². The summed E-state index contributed by atoms with van der Waals surface area (Å²) < 4.78 is 0. The number of amides is 2. The molecule has 0 aromatic carbocycles. The van der Waals surface area contributed by atoms with Crippen LogP contribution in [0, 0.1) is 17.8 Å². The average Bonchev–Trinajstić information content (AvgIpc) is 2.65. The minimum Gasteiger partial charge on any atom is -0.355 e. The maximum atomic E-state index is 13.1. The van der Waals surface area contributed by atoms with E-state index in [-0.39, 0.29) is 23.4 Å². The Morgan fingerprint density at radius 2 is 1.57 bits per heavy atom. The third-order valence-electron chi connectivity index (χ3n) is 7.70. The molecule has 28 heavy (non-hydrogen) atoms. The van der Waals surface area contributed by atoms with Crippen molar-refractivity contribution in [2.24, 2.45) is 17.8 Å². The molecule has 5 rings (SSSR count). The van der Waals surface area contributed by atoms with Crippen LogP contribution in [0.25, 0.3) is 0 Å². The zero-order valence-electron chi connectivity index (χ0n) is 17.7. The Hall–Kier alpha value is -1.14. The fraction of sp³-hybridized carbons (Fsp3) is 0.909. The number of hydrogen-bond donors (Lipinski definition) is 2. The topological polar surface area (TPSA) is 64.7 Å². The molecule has 0 spiro atoms. The van der Waals surface area contributed by atoms with Crippen LogP contribution in [-0.2, 0) is 9.59 Å². The highest BCUT2D eigenvalue weighted by molar-refractivity contribution is 5.82. The van der Waals surface area contributed by atoms with E-state index >= 15 is 0 Å². The Morgan fingerprint density at radius 3 is 2.11 bits per heavy atom. The summed E-state index contributed by atoms with van der Waals surface area (Å²) in [5.74, 6) is 2.89. The molecule has 4 aliphatic carbocycles. The van der Waals surface area contributed by atoms with Crippen molar-refractivity contribution in [2.75, 3.05) is 39.3 Å². The molecule has 0 aromatic rings. The lowest BCUT2D eigenvalue weighted by molar-refractivity contribution is -0.133. The van der Waals surface area contributed by atoms with Gasteiger partial charge in [-0.2, -0.15) is 0 Å². The molecule has 2 amide bonds. The van der Waals surface area contributed by atoms with Gasteiger partial charge in [0.2, 0.25) is 11.8 Å². The van der Waals surface area contributed by atoms with Crippen molar-refractivity contribution >= 4 is 11.8 Å². The largest absolute Gasteiger partial charge is 0.355 e. The van der Waals surface area contributed by atoms with E-state index in [1.54, 1.807) is 0 Å². The molecule has 1 heterocycles. The van der Waals surface area contributed by atoms with Gasteiger partial charge in [-0.15, -0.1) is 0 Å². The minimum atomic E-state index is -0.0796. The molecular weight excluding hydrogens is 352 g/mol. The molecular formula is C22H38N4O2. The molecule has 5 fully saturated rings. The van der Waals surface area contributed by atoms with Crippen molar-refractivity contribution in [3.8, 4) is 0 Å². The normalized spacial score (nSPS) is 36.3. The number of piperazine rings is 1. The molecule has 6 nitrogen and oxygen atoms in total. The SMILES string of the molecule is CCCNC(=O)CN1CCN([C@@H](C)C(=O)NC23CC4CC(CC(C4)C2)C3)CC1. The predicted octanol–water partition coefficient (Wildman–Crippen LogP) is 1.60. The van der Waals surface area contributed by atoms with Gasteiger partial charge in [0.25, 0.3) is 0 Å². The van der Waals surface area contributed by atoms with Crippen LogP contribution in [0.3, 0.4) is 0 Å². The van der Waals surface area contributed by atoms with Crippen LogP contribution >= 0.6 is 0 Å². The van der Waals surface area contributed by atoms with E-state index in [0.29, 0.717) is 6.54 Å². The van der Waals surface area contributed by atoms with Crippen molar-refractivity contribution in [3.63, 3.8) is 0 Å². The molecule has 4 bridgehead atoms. The van der Waals surface area contributed by atoms with Crippen molar-refractivity contribution in [1.82, 2.24) is 20.4 Å². The van der Waals surface area contributed by atoms with E-state index in [1.165, 1.54) is 38.5 Å². The second kappa shape index (κ2) is 8.31. The van der Waals surface area contributed by atoms with Gasteiger partial charge in [-0.1, -0.05) is 6.92 Å². The van der Waals surface area contributed by atoms with E-state index in [9.17, 15) is 9.59 Å². The number of hydrogen-bond acceptors (Lipinski definition) is 4. The minimum absolute atomic E-state index is 0.0796. The van der Waals surface area contributed by atoms with Crippen LogP contribution in [0.1, 0.15) is 58.8 Å². The smallest absolute Gasteiger partial charge is 0.237 e. The first-order valence-electron chi connectivity index (χ1n) is 11.5. The van der Waals surface area contributed by atoms with E-state index in [4.69, 9.17) is 0 Å². The van der Waals surface area contributed by atoms with Gasteiger partial charge in [-0.3, -0.25) is 19.4 Å². The molecule has 6 heteroatoms. The molecule has 4 saturated carbocycles. The van der Waals surface area contributed by atoms with Gasteiger partial charge in [0, 0.05) is 38.3 Å². The standard InChI is InChI=1S/C22H38N4O2/c1-3-4-23-20(27)15-25-5-7-26(8-6-25)16(2)21(28)24-22-12-17-9-18(13-22)11-19(10-17)14-22/h16-19H,3-15H2,1-2H3,(H,23,27)(H,24,28)/t16-,17?,18?,19?,22?/m0/s1. The van der Waals surface area contributed by atoms with Crippen LogP contribution in [0.15, 0.2) is 0 Å². The Bertz CT molecular complexity index is 550. The van der Waals surface area contributed by atoms with E-state index in [1.807, 2.05) is 0 Å². The molecule has 1 atom stereocenters. The molecule has 158 valence electrons. The molecule has 5 aliphatic rings. The number of carbonyl (C=O) groups excluding carboxylic acids is 2. The summed E-state index contributed by atoms with van der Waals surface area (Å²) in [6.45, 7) is 8.77. The maximum absolute atomic E-state index is 13.1. The third kappa shape index (κ3) is 4.38. The summed E-state index contributed by atoms with van der Waals surface area (Å²) in [5.41, 5.74) is 0.0965. The van der Waals surface area contributed by atoms with Gasteiger partial charge in [0.1, 0.15) is 0 Å². The quantitative estimate of drug-likeness (QED) is 0.693. The van der Waals surface area contributed by atoms with Gasteiger partial charge in [0.15, 0.2) is 0 Å². The first-order valence-corrected chi connectivity index (χ1v) is 11.5. The lowest BCUT2D eigenvalue weighted by Gasteiger charge is -2.57. The maximum Gasteiger partial charge on any atom is 0.237 e. The first kappa shape index (κ1) is 20.1. The van der Waals surface area contributed by atoms with Gasteiger partial charge >= 0.3 is 0 Å². The average molecular weight is 391 g/mol. The fourth-order valence-electron chi connectivity index (χ4n) is 6.63. The zero-order chi connectivity index (χ0) is 19.7. The fourth-order valence-corrected chi connectivity index (χ4v) is 6.63. The molecule has 0 unspecified atom stereocenters. The monoisotopic (exact) mass is 390 g/mol.